The summed E-state index contributed by atoms with van der Waals surface area (Å²) in [5.74, 6) is 0. The molecule has 4 nitrogen and oxygen atoms in total. The lowest BCUT2D eigenvalue weighted by atomic mass is 10.0. The van der Waals surface area contributed by atoms with Crippen molar-refractivity contribution >= 4 is 33.7 Å². The molecule has 2 aliphatic rings. The van der Waals surface area contributed by atoms with Crippen LogP contribution in [0.5, 0.6) is 0 Å². The molecule has 2 rings (SSSR count). The fraction of sp³-hybridized carbons (Fsp3) is 0.846. The Morgan fingerprint density at radius 2 is 2.16 bits per heavy atom. The van der Waals surface area contributed by atoms with Crippen LogP contribution in [-0.2, 0) is 4.74 Å². The summed E-state index contributed by atoms with van der Waals surface area (Å²) in [6, 6.07) is 0.647. The molecule has 0 bridgehead atoms. The number of ether oxygens (including phenoxy) is 1. The number of likely N-dealkylation sites (N-methyl/N-ethyl adjacent to an activating group) is 1. The Morgan fingerprint density at radius 1 is 1.42 bits per heavy atom. The predicted octanol–water partition coefficient (Wildman–Crippen LogP) is 2.74. The monoisotopic (exact) mass is 308 g/mol. The van der Waals surface area contributed by atoms with Crippen molar-refractivity contribution in [3.8, 4) is 0 Å². The molecule has 0 N–H and O–H groups in total. The number of nitrogens with zero attached hydrogens (tertiary/aromatic N) is 2. The molecule has 1 saturated heterocycles. The fourth-order valence-corrected chi connectivity index (χ4v) is 4.37. The average Bonchev–Trinajstić information content (AvgIpc) is 2.35. The van der Waals surface area contributed by atoms with Gasteiger partial charge in [-0.05, 0) is 48.4 Å². The Morgan fingerprint density at radius 3 is 2.74 bits per heavy atom. The van der Waals surface area contributed by atoms with Crippen molar-refractivity contribution in [2.75, 3.05) is 32.8 Å². The summed E-state index contributed by atoms with van der Waals surface area (Å²) in [5.41, 5.74) is 0. The van der Waals surface area contributed by atoms with Gasteiger partial charge in [0.15, 0.2) is 0 Å². The number of carbonyl (C=O) groups is 1. The summed E-state index contributed by atoms with van der Waals surface area (Å²) in [7, 11) is -0.367. The Balaban J connectivity index is 0.00000180. The molecule has 0 aromatic carbocycles. The molecule has 2 heterocycles. The Kier molecular flexibility index (Phi) is 7.36. The molecule has 0 aromatic heterocycles. The first-order valence-corrected chi connectivity index (χ1v) is 8.23. The molecule has 0 aliphatic carbocycles. The second-order valence-corrected chi connectivity index (χ2v) is 6.53. The van der Waals surface area contributed by atoms with Crippen LogP contribution < -0.4 is 0 Å². The molecule has 0 aromatic rings. The molecular weight excluding hydrogens is 284 g/mol. The van der Waals surface area contributed by atoms with Crippen LogP contribution in [0.1, 0.15) is 33.1 Å². The molecule has 0 spiro atoms. The summed E-state index contributed by atoms with van der Waals surface area (Å²) in [6.45, 7) is 8.73. The van der Waals surface area contributed by atoms with E-state index in [0.29, 0.717) is 12.6 Å². The van der Waals surface area contributed by atoms with Crippen molar-refractivity contribution in [3.63, 3.8) is 0 Å². The molecular formula is C13H25ClN2O2S. The van der Waals surface area contributed by atoms with Gasteiger partial charge < -0.3 is 9.64 Å². The molecule has 2 atom stereocenters. The van der Waals surface area contributed by atoms with Gasteiger partial charge in [-0.1, -0.05) is 13.8 Å². The van der Waals surface area contributed by atoms with Crippen molar-refractivity contribution in [2.45, 2.75) is 39.2 Å². The molecule has 2 aliphatic heterocycles. The number of hydrogen-bond donors (Lipinski definition) is 0. The van der Waals surface area contributed by atoms with Crippen LogP contribution in [0.15, 0.2) is 0 Å². The maximum absolute atomic E-state index is 12.0. The third-order valence-corrected chi connectivity index (χ3v) is 5.81. The number of rotatable bonds is 5. The van der Waals surface area contributed by atoms with E-state index in [4.69, 9.17) is 4.74 Å². The minimum Gasteiger partial charge on any atom is -0.456 e. The molecule has 0 amide bonds. The van der Waals surface area contributed by atoms with Gasteiger partial charge in [0.1, 0.15) is 6.61 Å². The maximum atomic E-state index is 12.0. The van der Waals surface area contributed by atoms with E-state index >= 15 is 0 Å². The zero-order chi connectivity index (χ0) is 13.0. The summed E-state index contributed by atoms with van der Waals surface area (Å²) in [6.07, 6.45) is 3.54. The largest absolute Gasteiger partial charge is 0.456 e. The molecule has 1 fully saturated rings. The Labute approximate surface area is 124 Å². The van der Waals surface area contributed by atoms with Crippen LogP contribution in [0.3, 0.4) is 0 Å². The van der Waals surface area contributed by atoms with Crippen molar-refractivity contribution in [3.05, 3.63) is 0 Å². The average molecular weight is 309 g/mol. The van der Waals surface area contributed by atoms with Crippen LogP contribution in [0.2, 0.25) is 0 Å². The lowest BCUT2D eigenvalue weighted by Gasteiger charge is -2.44. The van der Waals surface area contributed by atoms with Crippen LogP contribution in [0.4, 0.5) is 4.79 Å². The Bertz CT molecular complexity index is 335. The fourth-order valence-electron chi connectivity index (χ4n) is 2.45. The number of fused-ring (bicyclic) bond motifs is 1. The number of hydrogen-bond acceptors (Lipinski definition) is 4. The van der Waals surface area contributed by atoms with Gasteiger partial charge >= 0.3 is 5.30 Å². The van der Waals surface area contributed by atoms with Gasteiger partial charge in [0.2, 0.25) is 0 Å². The van der Waals surface area contributed by atoms with Gasteiger partial charge in [-0.25, -0.2) is 9.10 Å². The van der Waals surface area contributed by atoms with Crippen molar-refractivity contribution in [1.82, 2.24) is 9.21 Å². The van der Waals surface area contributed by atoms with Crippen molar-refractivity contribution in [2.24, 2.45) is 0 Å². The topological polar surface area (TPSA) is 32.8 Å². The lowest BCUT2D eigenvalue weighted by molar-refractivity contribution is 0.149. The van der Waals surface area contributed by atoms with Gasteiger partial charge in [-0.2, -0.15) is 0 Å². The highest BCUT2D eigenvalue weighted by molar-refractivity contribution is 8.25. The first kappa shape index (κ1) is 17.0. The zero-order valence-corrected chi connectivity index (χ0v) is 13.5. The predicted molar refractivity (Wildman–Crippen MR) is 84.4 cm³/mol. The summed E-state index contributed by atoms with van der Waals surface area (Å²) < 4.78 is 7.74. The van der Waals surface area contributed by atoms with Gasteiger partial charge in [-0.3, -0.25) is 0 Å². The minimum absolute atomic E-state index is 0. The van der Waals surface area contributed by atoms with E-state index in [1.807, 2.05) is 0 Å². The van der Waals surface area contributed by atoms with Crippen LogP contribution >= 0.6 is 23.1 Å². The van der Waals surface area contributed by atoms with Crippen LogP contribution in [0.25, 0.3) is 0 Å². The molecule has 0 radical (unpaired) electrons. The third-order valence-electron chi connectivity index (χ3n) is 3.81. The smallest absolute Gasteiger partial charge is 0.375 e. The minimum atomic E-state index is -0.367. The second kappa shape index (κ2) is 8.25. The number of carbonyl (C=O) groups excluding carboxylic acids is 1. The zero-order valence-electron chi connectivity index (χ0n) is 11.8. The van der Waals surface area contributed by atoms with Crippen LogP contribution in [-0.4, -0.2) is 58.7 Å². The van der Waals surface area contributed by atoms with Gasteiger partial charge in [-0.15, -0.1) is 12.4 Å². The first-order chi connectivity index (χ1) is 8.76. The standard InChI is InChI=1S/C13H24N2O2S.ClH/c1-3-14(4-2)9-10-17-13(16)18-11-5-6-12-7-8-15(12)18;/h11-12H,3-10H2,1-2H3;1H. The van der Waals surface area contributed by atoms with Gasteiger partial charge in [0.25, 0.3) is 0 Å². The maximum Gasteiger partial charge on any atom is 0.375 e. The molecule has 112 valence electrons. The van der Waals surface area contributed by atoms with E-state index in [2.05, 4.69) is 28.4 Å². The van der Waals surface area contributed by atoms with Crippen LogP contribution in [0, 0.1) is 0 Å². The van der Waals surface area contributed by atoms with Gasteiger partial charge in [0.05, 0.1) is 0 Å². The van der Waals surface area contributed by atoms with E-state index < -0.39 is 0 Å². The molecule has 19 heavy (non-hydrogen) atoms. The second-order valence-electron chi connectivity index (χ2n) is 4.77. The molecule has 6 heteroatoms. The summed E-state index contributed by atoms with van der Waals surface area (Å²) >= 11 is 0. The SMILES string of the molecule is CCN(CC)CCOC(=O)S1=CCCC2CCN21.Cl. The van der Waals surface area contributed by atoms with E-state index in [0.717, 1.165) is 32.6 Å². The summed E-state index contributed by atoms with van der Waals surface area (Å²) in [4.78, 5) is 14.3. The first-order valence-electron chi connectivity index (χ1n) is 6.98. The number of halogens is 1. The van der Waals surface area contributed by atoms with E-state index in [-0.39, 0.29) is 28.4 Å². The highest BCUT2D eigenvalue weighted by Gasteiger charge is 2.35. The van der Waals surface area contributed by atoms with Crippen molar-refractivity contribution < 1.29 is 9.53 Å². The Hall–Kier alpha value is -0.100. The van der Waals surface area contributed by atoms with E-state index in [1.165, 1.54) is 12.8 Å². The normalized spacial score (nSPS) is 25.8. The molecule has 0 saturated carbocycles. The summed E-state index contributed by atoms with van der Waals surface area (Å²) in [5, 5.41) is 2.13. The highest BCUT2D eigenvalue weighted by Crippen LogP contribution is 2.38. The van der Waals surface area contributed by atoms with Crippen molar-refractivity contribution in [1.29, 1.82) is 0 Å². The quantitative estimate of drug-likeness (QED) is 0.577. The van der Waals surface area contributed by atoms with E-state index in [1.54, 1.807) is 0 Å². The lowest BCUT2D eigenvalue weighted by Crippen LogP contribution is -2.47. The van der Waals surface area contributed by atoms with Gasteiger partial charge in [0, 0.05) is 19.1 Å². The highest BCUT2D eigenvalue weighted by atomic mass is 35.5. The molecule has 2 unspecified atom stereocenters. The van der Waals surface area contributed by atoms with E-state index in [9.17, 15) is 4.79 Å². The third kappa shape index (κ3) is 4.18.